The van der Waals surface area contributed by atoms with Crippen molar-refractivity contribution in [1.82, 2.24) is 20.5 Å². The van der Waals surface area contributed by atoms with Crippen LogP contribution in [0.4, 0.5) is 5.69 Å². The molecule has 0 bridgehead atoms. The molecule has 3 aromatic rings. The lowest BCUT2D eigenvalue weighted by Gasteiger charge is -2.21. The summed E-state index contributed by atoms with van der Waals surface area (Å²) >= 11 is 0. The molecule has 0 unspecified atom stereocenters. The number of amides is 1. The Kier molecular flexibility index (Phi) is 6.21. The smallest absolute Gasteiger partial charge is 0.227 e. The number of carbonyl (C=O) groups is 1. The van der Waals surface area contributed by atoms with Gasteiger partial charge in [-0.1, -0.05) is 30.3 Å². The number of piperidine rings is 1. The number of anilines is 1. The highest BCUT2D eigenvalue weighted by Gasteiger charge is 2.20. The van der Waals surface area contributed by atoms with Crippen LogP contribution >= 0.6 is 12.4 Å². The third-order valence-electron chi connectivity index (χ3n) is 4.65. The SMILES string of the molecule is Cl.O=C(Nc1ccc(-c2nc(-c3ccccc3)n[nH]2)cc1)C1CCNCC1. The van der Waals surface area contributed by atoms with Crippen LogP contribution in [0.3, 0.4) is 0 Å². The summed E-state index contributed by atoms with van der Waals surface area (Å²) in [5, 5.41) is 13.5. The maximum Gasteiger partial charge on any atom is 0.227 e. The Hall–Kier alpha value is -2.70. The average Bonchev–Trinajstić information content (AvgIpc) is 3.20. The van der Waals surface area contributed by atoms with E-state index in [-0.39, 0.29) is 24.2 Å². The number of hydrogen-bond donors (Lipinski definition) is 3. The fourth-order valence-corrected chi connectivity index (χ4v) is 3.15. The first-order valence-corrected chi connectivity index (χ1v) is 8.89. The Labute approximate surface area is 164 Å². The number of nitrogens with zero attached hydrogens (tertiary/aromatic N) is 2. The van der Waals surface area contributed by atoms with E-state index in [4.69, 9.17) is 0 Å². The molecule has 6 nitrogen and oxygen atoms in total. The highest BCUT2D eigenvalue weighted by Crippen LogP contribution is 2.22. The number of nitrogens with one attached hydrogen (secondary N) is 3. The molecule has 0 radical (unpaired) electrons. The first-order valence-electron chi connectivity index (χ1n) is 8.89. The van der Waals surface area contributed by atoms with Crippen LogP contribution in [0, 0.1) is 5.92 Å². The van der Waals surface area contributed by atoms with E-state index in [9.17, 15) is 4.79 Å². The molecular formula is C20H22ClN5O. The van der Waals surface area contributed by atoms with E-state index in [1.165, 1.54) is 0 Å². The van der Waals surface area contributed by atoms with E-state index in [1.807, 2.05) is 54.6 Å². The fraction of sp³-hybridized carbons (Fsp3) is 0.250. The Morgan fingerprint density at radius 2 is 1.67 bits per heavy atom. The number of benzene rings is 2. The lowest BCUT2D eigenvalue weighted by Crippen LogP contribution is -2.34. The third kappa shape index (κ3) is 4.53. The average molecular weight is 384 g/mol. The lowest BCUT2D eigenvalue weighted by molar-refractivity contribution is -0.120. The first kappa shape index (κ1) is 19.1. The zero-order valence-electron chi connectivity index (χ0n) is 14.8. The molecule has 0 aliphatic carbocycles. The molecule has 1 aliphatic heterocycles. The predicted octanol–water partition coefficient (Wildman–Crippen LogP) is 3.50. The molecule has 2 aromatic carbocycles. The Morgan fingerprint density at radius 1 is 0.963 bits per heavy atom. The van der Waals surface area contributed by atoms with Gasteiger partial charge in [0.2, 0.25) is 5.91 Å². The largest absolute Gasteiger partial charge is 0.326 e. The lowest BCUT2D eigenvalue weighted by atomic mass is 9.97. The van der Waals surface area contributed by atoms with Gasteiger partial charge >= 0.3 is 0 Å². The summed E-state index contributed by atoms with van der Waals surface area (Å²) in [6, 6.07) is 17.5. The number of rotatable bonds is 4. The van der Waals surface area contributed by atoms with Crippen molar-refractivity contribution in [3.63, 3.8) is 0 Å². The van der Waals surface area contributed by atoms with Crippen LogP contribution in [0.25, 0.3) is 22.8 Å². The van der Waals surface area contributed by atoms with Gasteiger partial charge in [0, 0.05) is 22.7 Å². The molecule has 1 amide bonds. The molecule has 1 aromatic heterocycles. The van der Waals surface area contributed by atoms with Crippen LogP contribution in [0.15, 0.2) is 54.6 Å². The Bertz CT molecular complexity index is 873. The van der Waals surface area contributed by atoms with Gasteiger partial charge in [-0.25, -0.2) is 4.98 Å². The summed E-state index contributed by atoms with van der Waals surface area (Å²) in [6.45, 7) is 1.82. The summed E-state index contributed by atoms with van der Waals surface area (Å²) in [5.41, 5.74) is 2.71. The number of halogens is 1. The van der Waals surface area contributed by atoms with Crippen molar-refractivity contribution in [2.45, 2.75) is 12.8 Å². The summed E-state index contributed by atoms with van der Waals surface area (Å²) in [7, 11) is 0. The Morgan fingerprint density at radius 3 is 2.37 bits per heavy atom. The molecule has 2 heterocycles. The van der Waals surface area contributed by atoms with E-state index in [0.29, 0.717) is 11.6 Å². The number of carbonyl (C=O) groups excluding carboxylic acids is 1. The number of H-pyrrole nitrogens is 1. The maximum atomic E-state index is 12.3. The molecule has 0 atom stereocenters. The zero-order chi connectivity index (χ0) is 17.8. The van der Waals surface area contributed by atoms with E-state index < -0.39 is 0 Å². The number of aromatic amines is 1. The van der Waals surface area contributed by atoms with Gasteiger partial charge in [-0.05, 0) is 50.2 Å². The maximum absolute atomic E-state index is 12.3. The molecule has 1 fully saturated rings. The molecule has 1 aliphatic rings. The van der Waals surface area contributed by atoms with Crippen LogP contribution in [0.5, 0.6) is 0 Å². The molecule has 7 heteroatoms. The number of hydrogen-bond acceptors (Lipinski definition) is 4. The summed E-state index contributed by atoms with van der Waals surface area (Å²) in [5.74, 6) is 1.58. The van der Waals surface area contributed by atoms with Crippen molar-refractivity contribution in [1.29, 1.82) is 0 Å². The summed E-state index contributed by atoms with van der Waals surface area (Å²) in [6.07, 6.45) is 1.79. The van der Waals surface area contributed by atoms with Gasteiger partial charge < -0.3 is 10.6 Å². The molecule has 4 rings (SSSR count). The summed E-state index contributed by atoms with van der Waals surface area (Å²) in [4.78, 5) is 16.9. The van der Waals surface area contributed by atoms with Crippen LogP contribution in [0.2, 0.25) is 0 Å². The van der Waals surface area contributed by atoms with Gasteiger partial charge in [-0.15, -0.1) is 12.4 Å². The van der Waals surface area contributed by atoms with E-state index in [1.54, 1.807) is 0 Å². The summed E-state index contributed by atoms with van der Waals surface area (Å²) < 4.78 is 0. The van der Waals surface area contributed by atoms with Crippen molar-refractivity contribution in [3.8, 4) is 22.8 Å². The van der Waals surface area contributed by atoms with Crippen LogP contribution < -0.4 is 10.6 Å². The van der Waals surface area contributed by atoms with Gasteiger partial charge in [-0.3, -0.25) is 9.89 Å². The second kappa shape index (κ2) is 8.79. The highest BCUT2D eigenvalue weighted by atomic mass is 35.5. The quantitative estimate of drug-likeness (QED) is 0.644. The van der Waals surface area contributed by atoms with Crippen LogP contribution in [-0.4, -0.2) is 34.2 Å². The minimum Gasteiger partial charge on any atom is -0.326 e. The van der Waals surface area contributed by atoms with Gasteiger partial charge in [0.1, 0.15) is 0 Å². The molecule has 1 saturated heterocycles. The van der Waals surface area contributed by atoms with Gasteiger partial charge in [0.15, 0.2) is 11.6 Å². The van der Waals surface area contributed by atoms with Crippen molar-refractivity contribution in [3.05, 3.63) is 54.6 Å². The molecule has 0 saturated carbocycles. The first-order chi connectivity index (χ1) is 12.8. The van der Waals surface area contributed by atoms with E-state index in [2.05, 4.69) is 25.8 Å². The van der Waals surface area contributed by atoms with Gasteiger partial charge in [-0.2, -0.15) is 5.10 Å². The predicted molar refractivity (Wildman–Crippen MR) is 109 cm³/mol. The zero-order valence-corrected chi connectivity index (χ0v) is 15.6. The molecule has 3 N–H and O–H groups in total. The normalized spacial score (nSPS) is 14.4. The van der Waals surface area contributed by atoms with Crippen molar-refractivity contribution < 1.29 is 4.79 Å². The minimum atomic E-state index is 0. The van der Waals surface area contributed by atoms with Crippen molar-refractivity contribution >= 4 is 24.0 Å². The van der Waals surface area contributed by atoms with E-state index >= 15 is 0 Å². The van der Waals surface area contributed by atoms with Crippen molar-refractivity contribution in [2.75, 3.05) is 18.4 Å². The topological polar surface area (TPSA) is 82.7 Å². The second-order valence-corrected chi connectivity index (χ2v) is 6.46. The van der Waals surface area contributed by atoms with E-state index in [0.717, 1.165) is 42.7 Å². The second-order valence-electron chi connectivity index (χ2n) is 6.46. The van der Waals surface area contributed by atoms with Gasteiger partial charge in [0.05, 0.1) is 0 Å². The minimum absolute atomic E-state index is 0. The van der Waals surface area contributed by atoms with Crippen LogP contribution in [0.1, 0.15) is 12.8 Å². The Balaban J connectivity index is 0.00000210. The third-order valence-corrected chi connectivity index (χ3v) is 4.65. The monoisotopic (exact) mass is 383 g/mol. The van der Waals surface area contributed by atoms with Crippen LogP contribution in [-0.2, 0) is 4.79 Å². The fourth-order valence-electron chi connectivity index (χ4n) is 3.15. The molecular weight excluding hydrogens is 362 g/mol. The molecule has 0 spiro atoms. The molecule has 140 valence electrons. The molecule has 27 heavy (non-hydrogen) atoms. The van der Waals surface area contributed by atoms with Gasteiger partial charge in [0.25, 0.3) is 0 Å². The standard InChI is InChI=1S/C20H21N5O.ClH/c26-20(16-10-12-21-13-11-16)22-17-8-6-15(7-9-17)19-23-18(24-25-19)14-4-2-1-3-5-14;/h1-9,16,21H,10-13H2,(H,22,26)(H,23,24,25);1H. The highest BCUT2D eigenvalue weighted by molar-refractivity contribution is 5.92. The number of aromatic nitrogens is 3. The van der Waals surface area contributed by atoms with Crippen molar-refractivity contribution in [2.24, 2.45) is 5.92 Å².